The van der Waals surface area contributed by atoms with Crippen molar-refractivity contribution in [3.8, 4) is 5.95 Å². The number of hydrogen-bond donors (Lipinski definition) is 2. The van der Waals surface area contributed by atoms with E-state index in [2.05, 4.69) is 25.9 Å². The second kappa shape index (κ2) is 5.05. The van der Waals surface area contributed by atoms with Crippen molar-refractivity contribution in [2.75, 3.05) is 6.61 Å². The fourth-order valence-corrected chi connectivity index (χ4v) is 1.64. The van der Waals surface area contributed by atoms with Gasteiger partial charge >= 0.3 is 0 Å². The average Bonchev–Trinajstić information content (AvgIpc) is 3.12. The Labute approximate surface area is 112 Å². The van der Waals surface area contributed by atoms with Crippen LogP contribution < -0.4 is 10.8 Å². The van der Waals surface area contributed by atoms with Crippen LogP contribution in [0.4, 0.5) is 0 Å². The molecule has 0 saturated carbocycles. The summed E-state index contributed by atoms with van der Waals surface area (Å²) >= 11 is 0. The lowest BCUT2D eigenvalue weighted by molar-refractivity contribution is -0.125. The molecule has 3 rings (SSSR count). The Kier molecular flexibility index (Phi) is 3.09. The smallest absolute Gasteiger partial charge is 0.268 e. The van der Waals surface area contributed by atoms with Gasteiger partial charge < -0.3 is 5.32 Å². The molecule has 1 fully saturated rings. The fraction of sp³-hybridized carbons (Fsp3) is 0.182. The number of nitrogens with one attached hydrogen (secondary N) is 2. The second-order valence-electron chi connectivity index (χ2n) is 4.03. The summed E-state index contributed by atoms with van der Waals surface area (Å²) in [4.78, 5) is 35.9. The third-order valence-electron chi connectivity index (χ3n) is 2.65. The Bertz CT molecular complexity index is 624. The van der Waals surface area contributed by atoms with Crippen molar-refractivity contribution in [2.24, 2.45) is 0 Å². The molecule has 102 valence electrons. The van der Waals surface area contributed by atoms with E-state index in [4.69, 9.17) is 4.84 Å². The van der Waals surface area contributed by atoms with E-state index in [1.54, 1.807) is 18.5 Å². The molecule has 2 aromatic heterocycles. The van der Waals surface area contributed by atoms with Gasteiger partial charge in [0.15, 0.2) is 0 Å². The zero-order valence-electron chi connectivity index (χ0n) is 10.2. The molecule has 3 heterocycles. The normalized spacial score (nSPS) is 17.8. The molecule has 0 bridgehead atoms. The van der Waals surface area contributed by atoms with Gasteiger partial charge in [-0.1, -0.05) is 0 Å². The maximum atomic E-state index is 11.9. The van der Waals surface area contributed by atoms with Crippen LogP contribution in [0.15, 0.2) is 30.9 Å². The summed E-state index contributed by atoms with van der Waals surface area (Å²) in [5, 5.41) is 6.50. The minimum Gasteiger partial charge on any atom is -0.338 e. The third-order valence-corrected chi connectivity index (χ3v) is 2.65. The number of rotatable bonds is 3. The van der Waals surface area contributed by atoms with Gasteiger partial charge in [-0.3, -0.25) is 14.4 Å². The van der Waals surface area contributed by atoms with E-state index in [1.165, 1.54) is 17.1 Å². The first-order valence-corrected chi connectivity index (χ1v) is 5.78. The van der Waals surface area contributed by atoms with Crippen LogP contribution in [0.2, 0.25) is 0 Å². The monoisotopic (exact) mass is 274 g/mol. The highest BCUT2D eigenvalue weighted by Gasteiger charge is 2.27. The van der Waals surface area contributed by atoms with Gasteiger partial charge in [0, 0.05) is 24.8 Å². The van der Waals surface area contributed by atoms with Gasteiger partial charge in [0.2, 0.25) is 5.95 Å². The lowest BCUT2D eigenvalue weighted by atomic mass is 10.2. The quantitative estimate of drug-likeness (QED) is 0.729. The Hall–Kier alpha value is -2.81. The molecule has 0 radical (unpaired) electrons. The van der Waals surface area contributed by atoms with Gasteiger partial charge in [0.05, 0.1) is 5.56 Å². The molecule has 1 saturated heterocycles. The first-order valence-electron chi connectivity index (χ1n) is 5.78. The van der Waals surface area contributed by atoms with E-state index in [0.29, 0.717) is 5.95 Å². The Balaban J connectivity index is 1.71. The van der Waals surface area contributed by atoms with E-state index in [9.17, 15) is 9.59 Å². The van der Waals surface area contributed by atoms with Crippen LogP contribution in [0.1, 0.15) is 10.4 Å². The SMILES string of the molecule is O=C(N[C@@H]1CONC1=O)c1cnc(-n2cccn2)nc1. The summed E-state index contributed by atoms with van der Waals surface area (Å²) in [6, 6.07) is 1.04. The fourth-order valence-electron chi connectivity index (χ4n) is 1.64. The Morgan fingerprint density at radius 1 is 1.45 bits per heavy atom. The zero-order chi connectivity index (χ0) is 13.9. The van der Waals surface area contributed by atoms with Gasteiger partial charge in [-0.2, -0.15) is 5.10 Å². The summed E-state index contributed by atoms with van der Waals surface area (Å²) < 4.78 is 1.47. The van der Waals surface area contributed by atoms with Crippen LogP contribution in [-0.2, 0) is 9.63 Å². The summed E-state index contributed by atoms with van der Waals surface area (Å²) in [7, 11) is 0. The minimum atomic E-state index is -0.701. The molecule has 9 heteroatoms. The van der Waals surface area contributed by atoms with E-state index < -0.39 is 11.9 Å². The second-order valence-corrected chi connectivity index (χ2v) is 4.03. The third kappa shape index (κ3) is 2.34. The van der Waals surface area contributed by atoms with E-state index >= 15 is 0 Å². The summed E-state index contributed by atoms with van der Waals surface area (Å²) in [6.45, 7) is 0.0940. The number of carbonyl (C=O) groups is 2. The lowest BCUT2D eigenvalue weighted by Crippen LogP contribution is -2.41. The molecule has 1 aliphatic rings. The first-order chi connectivity index (χ1) is 9.74. The standard InChI is InChI=1S/C11H10N6O3/c18-9(15-8-6-20-16-10(8)19)7-4-12-11(13-5-7)17-3-1-2-14-17/h1-5,8H,6H2,(H,15,18)(H,16,19)/t8-/m1/s1. The number of hydroxylamine groups is 1. The molecule has 0 aliphatic carbocycles. The molecule has 9 nitrogen and oxygen atoms in total. The van der Waals surface area contributed by atoms with Crippen LogP contribution in [0.5, 0.6) is 0 Å². The van der Waals surface area contributed by atoms with Gasteiger partial charge in [0.25, 0.3) is 11.8 Å². The van der Waals surface area contributed by atoms with Crippen LogP contribution in [-0.4, -0.2) is 44.2 Å². The molecule has 1 aliphatic heterocycles. The summed E-state index contributed by atoms with van der Waals surface area (Å²) in [5.74, 6) is -0.469. The number of carbonyl (C=O) groups excluding carboxylic acids is 2. The van der Waals surface area contributed by atoms with E-state index in [1.807, 2.05) is 0 Å². The van der Waals surface area contributed by atoms with E-state index in [-0.39, 0.29) is 18.1 Å². The summed E-state index contributed by atoms with van der Waals surface area (Å²) in [6.07, 6.45) is 6.03. The van der Waals surface area contributed by atoms with Crippen LogP contribution >= 0.6 is 0 Å². The molecule has 0 spiro atoms. The number of aromatic nitrogens is 4. The van der Waals surface area contributed by atoms with Crippen LogP contribution in [0, 0.1) is 0 Å². The number of nitrogens with zero attached hydrogens (tertiary/aromatic N) is 4. The molecule has 0 aromatic carbocycles. The Morgan fingerprint density at radius 3 is 2.85 bits per heavy atom. The van der Waals surface area contributed by atoms with Crippen molar-refractivity contribution >= 4 is 11.8 Å². The number of amides is 2. The van der Waals surface area contributed by atoms with Crippen LogP contribution in [0.25, 0.3) is 5.95 Å². The van der Waals surface area contributed by atoms with Crippen molar-refractivity contribution in [3.63, 3.8) is 0 Å². The topological polar surface area (TPSA) is 111 Å². The van der Waals surface area contributed by atoms with Crippen molar-refractivity contribution in [1.82, 2.24) is 30.5 Å². The average molecular weight is 274 g/mol. The molecule has 2 amide bonds. The summed E-state index contributed by atoms with van der Waals surface area (Å²) in [5.41, 5.74) is 2.41. The highest BCUT2D eigenvalue weighted by Crippen LogP contribution is 2.02. The maximum absolute atomic E-state index is 11.9. The largest absolute Gasteiger partial charge is 0.338 e. The molecule has 2 aromatic rings. The van der Waals surface area contributed by atoms with E-state index in [0.717, 1.165) is 0 Å². The molecule has 1 atom stereocenters. The predicted octanol–water partition coefficient (Wildman–Crippen LogP) is -1.18. The van der Waals surface area contributed by atoms with Gasteiger partial charge in [-0.05, 0) is 6.07 Å². The Morgan fingerprint density at radius 2 is 2.25 bits per heavy atom. The zero-order valence-corrected chi connectivity index (χ0v) is 10.2. The van der Waals surface area contributed by atoms with Gasteiger partial charge in [-0.15, -0.1) is 0 Å². The molecule has 20 heavy (non-hydrogen) atoms. The molecule has 0 unspecified atom stereocenters. The van der Waals surface area contributed by atoms with Crippen molar-refractivity contribution < 1.29 is 14.4 Å². The molecular weight excluding hydrogens is 264 g/mol. The van der Waals surface area contributed by atoms with Crippen LogP contribution in [0.3, 0.4) is 0 Å². The van der Waals surface area contributed by atoms with Crippen molar-refractivity contribution in [2.45, 2.75) is 6.04 Å². The molecular formula is C11H10N6O3. The predicted molar refractivity (Wildman–Crippen MR) is 64.5 cm³/mol. The highest BCUT2D eigenvalue weighted by atomic mass is 16.7. The molecule has 2 N–H and O–H groups in total. The highest BCUT2D eigenvalue weighted by molar-refractivity contribution is 5.97. The van der Waals surface area contributed by atoms with Gasteiger partial charge in [0.1, 0.15) is 12.6 Å². The lowest BCUT2D eigenvalue weighted by Gasteiger charge is -2.08. The first kappa shape index (κ1) is 12.2. The van der Waals surface area contributed by atoms with Crippen molar-refractivity contribution in [1.29, 1.82) is 0 Å². The van der Waals surface area contributed by atoms with Gasteiger partial charge in [-0.25, -0.2) is 20.1 Å². The van der Waals surface area contributed by atoms with Crippen molar-refractivity contribution in [3.05, 3.63) is 36.4 Å². The minimum absolute atomic E-state index is 0.0940. The number of hydrogen-bond acceptors (Lipinski definition) is 6. The maximum Gasteiger partial charge on any atom is 0.268 e.